The number of nitrogens with one attached hydrogen (secondary N) is 1. The summed E-state index contributed by atoms with van der Waals surface area (Å²) in [5.74, 6) is 0.783. The molecule has 2 nitrogen and oxygen atoms in total. The second kappa shape index (κ2) is 7.41. The Labute approximate surface area is 120 Å². The van der Waals surface area contributed by atoms with Crippen molar-refractivity contribution in [3.05, 3.63) is 21.9 Å². The van der Waals surface area contributed by atoms with Crippen LogP contribution in [0.2, 0.25) is 0 Å². The summed E-state index contributed by atoms with van der Waals surface area (Å²) in [4.78, 5) is 1.58. The fraction of sp³-hybridized carbons (Fsp3) is 0.750. The highest BCUT2D eigenvalue weighted by Crippen LogP contribution is 2.40. The molecule has 0 spiro atoms. The lowest BCUT2D eigenvalue weighted by Crippen LogP contribution is -2.08. The Kier molecular flexibility index (Phi) is 5.86. The fourth-order valence-corrected chi connectivity index (χ4v) is 4.96. The monoisotopic (exact) mass is 282 g/mol. The minimum Gasteiger partial charge on any atom is -0.393 e. The number of thiophene rings is 1. The van der Waals surface area contributed by atoms with E-state index in [4.69, 9.17) is 0 Å². The van der Waals surface area contributed by atoms with Gasteiger partial charge in [0, 0.05) is 24.6 Å². The standard InChI is InChI=1S/C16H28NOS/c1-3-17-19-12-11-15(14-7-5-4-6-8-14)16(19)10-9-13(2)18/h11-14,17-18H,3-10H2,1-2H3/q+1. The molecule has 1 heterocycles. The van der Waals surface area contributed by atoms with Crippen LogP contribution < -0.4 is 4.72 Å². The minimum absolute atomic E-state index is 0.125. The average Bonchev–Trinajstić information content (AvgIpc) is 2.81. The van der Waals surface area contributed by atoms with Crippen LogP contribution in [0.25, 0.3) is 0 Å². The predicted octanol–water partition coefficient (Wildman–Crippen LogP) is 4.36. The third-order valence-corrected chi connectivity index (χ3v) is 6.08. The summed E-state index contributed by atoms with van der Waals surface area (Å²) in [6.45, 7) is 5.09. The van der Waals surface area contributed by atoms with Crippen molar-refractivity contribution in [1.82, 2.24) is 0 Å². The Bertz CT molecular complexity index is 380. The summed E-state index contributed by atoms with van der Waals surface area (Å²) in [5, 5.41) is 11.9. The molecule has 2 unspecified atom stereocenters. The number of aliphatic hydroxyl groups excluding tert-OH is 1. The van der Waals surface area contributed by atoms with E-state index in [1.165, 1.54) is 32.1 Å². The lowest BCUT2D eigenvalue weighted by molar-refractivity contribution is 0.185. The first-order chi connectivity index (χ1) is 9.22. The Morgan fingerprint density at radius 2 is 2.11 bits per heavy atom. The van der Waals surface area contributed by atoms with Crippen molar-refractivity contribution in [2.24, 2.45) is 0 Å². The van der Waals surface area contributed by atoms with Crippen LogP contribution in [0.3, 0.4) is 0 Å². The van der Waals surface area contributed by atoms with Gasteiger partial charge in [0.1, 0.15) is 0 Å². The molecule has 0 saturated heterocycles. The van der Waals surface area contributed by atoms with Gasteiger partial charge in [-0.3, -0.25) is 0 Å². The molecule has 108 valence electrons. The molecule has 0 bridgehead atoms. The lowest BCUT2D eigenvalue weighted by Gasteiger charge is -2.21. The molecular formula is C16H28NOS+. The van der Waals surface area contributed by atoms with E-state index in [9.17, 15) is 5.11 Å². The number of aliphatic hydroxyl groups is 1. The van der Waals surface area contributed by atoms with Gasteiger partial charge in [0.2, 0.25) is 0 Å². The van der Waals surface area contributed by atoms with Crippen molar-refractivity contribution < 1.29 is 5.11 Å². The second-order valence-corrected chi connectivity index (χ2v) is 7.47. The fourth-order valence-electron chi connectivity index (χ4n) is 3.11. The molecule has 0 aromatic carbocycles. The summed E-state index contributed by atoms with van der Waals surface area (Å²) in [6, 6.07) is 2.37. The average molecular weight is 282 g/mol. The zero-order chi connectivity index (χ0) is 13.7. The molecular weight excluding hydrogens is 254 g/mol. The highest BCUT2D eigenvalue weighted by atomic mass is 32.2. The van der Waals surface area contributed by atoms with Gasteiger partial charge in [-0.2, -0.15) is 0 Å². The van der Waals surface area contributed by atoms with Crippen LogP contribution in [0.5, 0.6) is 0 Å². The third-order valence-electron chi connectivity index (χ3n) is 4.11. The van der Waals surface area contributed by atoms with Gasteiger partial charge in [0.25, 0.3) is 0 Å². The van der Waals surface area contributed by atoms with Gasteiger partial charge in [0.15, 0.2) is 10.3 Å². The van der Waals surface area contributed by atoms with Crippen molar-refractivity contribution in [1.29, 1.82) is 0 Å². The number of rotatable bonds is 6. The second-order valence-electron chi connectivity index (χ2n) is 5.74. The van der Waals surface area contributed by atoms with Gasteiger partial charge in [-0.1, -0.05) is 19.3 Å². The van der Waals surface area contributed by atoms with Crippen LogP contribution in [0.15, 0.2) is 11.4 Å². The molecule has 1 saturated carbocycles. The molecule has 0 amide bonds. The van der Waals surface area contributed by atoms with E-state index < -0.39 is 0 Å². The highest BCUT2D eigenvalue weighted by Gasteiger charge is 2.26. The maximum Gasteiger partial charge on any atom is 0.175 e. The van der Waals surface area contributed by atoms with Crippen LogP contribution in [-0.4, -0.2) is 17.8 Å². The van der Waals surface area contributed by atoms with Crippen LogP contribution in [0.4, 0.5) is 0 Å². The van der Waals surface area contributed by atoms with Gasteiger partial charge in [-0.25, -0.2) is 0 Å². The predicted molar refractivity (Wildman–Crippen MR) is 84.7 cm³/mol. The molecule has 0 aliphatic heterocycles. The summed E-state index contributed by atoms with van der Waals surface area (Å²) in [5.41, 5.74) is 1.60. The highest BCUT2D eigenvalue weighted by molar-refractivity contribution is 7.31. The summed E-state index contributed by atoms with van der Waals surface area (Å²) < 4.78 is 3.59. The third kappa shape index (κ3) is 4.04. The zero-order valence-electron chi connectivity index (χ0n) is 12.3. The number of hydrogen-bond acceptors (Lipinski definition) is 2. The molecule has 1 aromatic rings. The normalized spacial score (nSPS) is 19.6. The van der Waals surface area contributed by atoms with Crippen LogP contribution in [0, 0.1) is 0 Å². The molecule has 2 N–H and O–H groups in total. The largest absolute Gasteiger partial charge is 0.393 e. The van der Waals surface area contributed by atoms with E-state index in [0.29, 0.717) is 0 Å². The Morgan fingerprint density at radius 3 is 2.74 bits per heavy atom. The van der Waals surface area contributed by atoms with Crippen molar-refractivity contribution in [3.8, 4) is 0 Å². The zero-order valence-corrected chi connectivity index (χ0v) is 13.1. The van der Waals surface area contributed by atoms with Crippen molar-refractivity contribution in [3.63, 3.8) is 0 Å². The van der Waals surface area contributed by atoms with Crippen LogP contribution in [-0.2, 0) is 6.42 Å². The van der Waals surface area contributed by atoms with Gasteiger partial charge in [-0.05, 0) is 39.0 Å². The van der Waals surface area contributed by atoms with Crippen LogP contribution >= 0.6 is 10.7 Å². The van der Waals surface area contributed by atoms with E-state index in [2.05, 4.69) is 23.1 Å². The van der Waals surface area contributed by atoms with E-state index in [1.54, 1.807) is 10.4 Å². The summed E-state index contributed by atoms with van der Waals surface area (Å²) in [7, 11) is 0.125. The smallest absolute Gasteiger partial charge is 0.175 e. The van der Waals surface area contributed by atoms with Crippen LogP contribution in [0.1, 0.15) is 68.7 Å². The molecule has 19 heavy (non-hydrogen) atoms. The molecule has 1 aromatic heterocycles. The molecule has 2 atom stereocenters. The van der Waals surface area contributed by atoms with Gasteiger partial charge in [-0.15, -0.1) is 4.72 Å². The van der Waals surface area contributed by atoms with E-state index in [1.807, 2.05) is 6.92 Å². The van der Waals surface area contributed by atoms with Crippen molar-refractivity contribution in [2.45, 2.75) is 70.8 Å². The SMILES string of the molecule is CCN[s+]1ccc(C2CCCCC2)c1CCC(C)O. The Morgan fingerprint density at radius 1 is 1.37 bits per heavy atom. The van der Waals surface area contributed by atoms with Gasteiger partial charge in [0.05, 0.1) is 16.8 Å². The first kappa shape index (κ1) is 15.0. The van der Waals surface area contributed by atoms with Crippen molar-refractivity contribution >= 4 is 10.7 Å². The van der Waals surface area contributed by atoms with E-state index in [0.717, 1.165) is 25.3 Å². The summed E-state index contributed by atoms with van der Waals surface area (Å²) in [6.07, 6.45) is 8.67. The first-order valence-electron chi connectivity index (χ1n) is 7.78. The number of hydrogen-bond donors (Lipinski definition) is 2. The molecule has 1 aliphatic rings. The minimum atomic E-state index is -0.187. The quantitative estimate of drug-likeness (QED) is 0.760. The topological polar surface area (TPSA) is 32.3 Å². The molecule has 3 heteroatoms. The Balaban J connectivity index is 2.15. The van der Waals surface area contributed by atoms with E-state index in [-0.39, 0.29) is 16.8 Å². The maximum atomic E-state index is 9.57. The summed E-state index contributed by atoms with van der Waals surface area (Å²) >= 11 is 0. The maximum absolute atomic E-state index is 9.57. The lowest BCUT2D eigenvalue weighted by atomic mass is 9.84. The van der Waals surface area contributed by atoms with Gasteiger partial charge >= 0.3 is 0 Å². The molecule has 1 aliphatic carbocycles. The Hall–Kier alpha value is -0.380. The van der Waals surface area contributed by atoms with Crippen molar-refractivity contribution in [2.75, 3.05) is 11.3 Å². The van der Waals surface area contributed by atoms with Gasteiger partial charge < -0.3 is 5.11 Å². The molecule has 1 fully saturated rings. The molecule has 2 rings (SSSR count). The first-order valence-corrected chi connectivity index (χ1v) is 9.07. The molecule has 0 radical (unpaired) electrons. The van der Waals surface area contributed by atoms with E-state index >= 15 is 0 Å².